The third kappa shape index (κ3) is 4.03. The van der Waals surface area contributed by atoms with Crippen LogP contribution < -0.4 is 0 Å². The summed E-state index contributed by atoms with van der Waals surface area (Å²) in [6, 6.07) is 9.75. The predicted octanol–water partition coefficient (Wildman–Crippen LogP) is 2.56. The maximum atomic E-state index is 10.9. The standard InChI is InChI=1S/C13H18O3/c1-10(2)12(13(14)15)9-16-8-11-6-4-3-5-7-11/h3-7,10,12H,8-9H2,1-2H3,(H,14,15)/t12-/m0/s1. The number of hydrogen-bond donors (Lipinski definition) is 1. The van der Waals surface area contributed by atoms with E-state index in [1.807, 2.05) is 44.2 Å². The van der Waals surface area contributed by atoms with Crippen LogP contribution in [0.3, 0.4) is 0 Å². The molecular weight excluding hydrogens is 204 g/mol. The monoisotopic (exact) mass is 222 g/mol. The Morgan fingerprint density at radius 2 is 1.94 bits per heavy atom. The van der Waals surface area contributed by atoms with Crippen LogP contribution in [0.1, 0.15) is 19.4 Å². The Labute approximate surface area is 96.1 Å². The van der Waals surface area contributed by atoms with E-state index in [9.17, 15) is 4.79 Å². The molecule has 1 aromatic carbocycles. The van der Waals surface area contributed by atoms with E-state index in [2.05, 4.69) is 0 Å². The smallest absolute Gasteiger partial charge is 0.309 e. The predicted molar refractivity (Wildman–Crippen MR) is 62.1 cm³/mol. The van der Waals surface area contributed by atoms with Crippen molar-refractivity contribution in [3.8, 4) is 0 Å². The molecule has 1 atom stereocenters. The van der Waals surface area contributed by atoms with Gasteiger partial charge in [-0.3, -0.25) is 4.79 Å². The maximum Gasteiger partial charge on any atom is 0.309 e. The van der Waals surface area contributed by atoms with E-state index in [0.717, 1.165) is 5.56 Å². The van der Waals surface area contributed by atoms with Gasteiger partial charge in [0.15, 0.2) is 0 Å². The van der Waals surface area contributed by atoms with E-state index in [1.54, 1.807) is 0 Å². The lowest BCUT2D eigenvalue weighted by Gasteiger charge is -2.16. The average molecular weight is 222 g/mol. The lowest BCUT2D eigenvalue weighted by atomic mass is 9.97. The minimum Gasteiger partial charge on any atom is -0.481 e. The number of carboxylic acids is 1. The molecule has 0 unspecified atom stereocenters. The first-order chi connectivity index (χ1) is 7.61. The van der Waals surface area contributed by atoms with Crippen molar-refractivity contribution in [1.29, 1.82) is 0 Å². The van der Waals surface area contributed by atoms with Gasteiger partial charge < -0.3 is 9.84 Å². The van der Waals surface area contributed by atoms with Gasteiger partial charge >= 0.3 is 5.97 Å². The molecule has 3 heteroatoms. The first-order valence-electron chi connectivity index (χ1n) is 5.45. The Bertz CT molecular complexity index is 319. The molecule has 0 aliphatic carbocycles. The Morgan fingerprint density at radius 1 is 1.31 bits per heavy atom. The molecule has 0 heterocycles. The van der Waals surface area contributed by atoms with E-state index in [-0.39, 0.29) is 12.5 Å². The number of hydrogen-bond acceptors (Lipinski definition) is 2. The normalized spacial score (nSPS) is 12.7. The summed E-state index contributed by atoms with van der Waals surface area (Å²) in [5, 5.41) is 8.96. The molecule has 0 saturated heterocycles. The molecule has 0 aromatic heterocycles. The van der Waals surface area contributed by atoms with Crippen molar-refractivity contribution >= 4 is 5.97 Å². The maximum absolute atomic E-state index is 10.9. The van der Waals surface area contributed by atoms with Crippen molar-refractivity contribution in [3.05, 3.63) is 35.9 Å². The zero-order valence-electron chi connectivity index (χ0n) is 9.72. The van der Waals surface area contributed by atoms with Gasteiger partial charge in [0.1, 0.15) is 0 Å². The number of carbonyl (C=O) groups is 1. The number of rotatable bonds is 6. The van der Waals surface area contributed by atoms with Crippen molar-refractivity contribution in [2.75, 3.05) is 6.61 Å². The fourth-order valence-electron chi connectivity index (χ4n) is 1.43. The van der Waals surface area contributed by atoms with Crippen LogP contribution in [0.2, 0.25) is 0 Å². The zero-order chi connectivity index (χ0) is 12.0. The van der Waals surface area contributed by atoms with Crippen molar-refractivity contribution in [2.45, 2.75) is 20.5 Å². The summed E-state index contributed by atoms with van der Waals surface area (Å²) in [7, 11) is 0. The van der Waals surface area contributed by atoms with Gasteiger partial charge in [0, 0.05) is 0 Å². The highest BCUT2D eigenvalue weighted by Crippen LogP contribution is 2.12. The Hall–Kier alpha value is -1.35. The summed E-state index contributed by atoms with van der Waals surface area (Å²) in [6.45, 7) is 4.52. The fraction of sp³-hybridized carbons (Fsp3) is 0.462. The molecule has 1 N–H and O–H groups in total. The summed E-state index contributed by atoms with van der Waals surface area (Å²) < 4.78 is 5.42. The van der Waals surface area contributed by atoms with Gasteiger partial charge in [0.2, 0.25) is 0 Å². The van der Waals surface area contributed by atoms with Gasteiger partial charge in [-0.25, -0.2) is 0 Å². The number of ether oxygens (including phenoxy) is 1. The molecule has 88 valence electrons. The van der Waals surface area contributed by atoms with Crippen LogP contribution >= 0.6 is 0 Å². The molecule has 1 aromatic rings. The minimum absolute atomic E-state index is 0.0910. The summed E-state index contributed by atoms with van der Waals surface area (Å²) >= 11 is 0. The Balaban J connectivity index is 2.37. The van der Waals surface area contributed by atoms with Gasteiger partial charge in [-0.2, -0.15) is 0 Å². The molecule has 16 heavy (non-hydrogen) atoms. The largest absolute Gasteiger partial charge is 0.481 e. The second kappa shape index (κ2) is 6.28. The van der Waals surface area contributed by atoms with E-state index < -0.39 is 11.9 Å². The third-order valence-electron chi connectivity index (χ3n) is 2.53. The highest BCUT2D eigenvalue weighted by Gasteiger charge is 2.21. The fourth-order valence-corrected chi connectivity index (χ4v) is 1.43. The molecule has 0 aliphatic rings. The Kier molecular flexibility index (Phi) is 4.99. The number of carboxylic acid groups (broad SMARTS) is 1. The van der Waals surface area contributed by atoms with E-state index in [0.29, 0.717) is 6.61 Å². The van der Waals surface area contributed by atoms with Crippen LogP contribution in [-0.2, 0) is 16.1 Å². The molecule has 0 spiro atoms. The van der Waals surface area contributed by atoms with E-state index in [4.69, 9.17) is 9.84 Å². The van der Waals surface area contributed by atoms with Crippen LogP contribution in [0.15, 0.2) is 30.3 Å². The van der Waals surface area contributed by atoms with Gasteiger partial charge in [0.05, 0.1) is 19.1 Å². The number of benzene rings is 1. The lowest BCUT2D eigenvalue weighted by molar-refractivity contribution is -0.146. The van der Waals surface area contributed by atoms with Crippen LogP contribution in [0, 0.1) is 11.8 Å². The van der Waals surface area contributed by atoms with Gasteiger partial charge in [-0.05, 0) is 11.5 Å². The quantitative estimate of drug-likeness (QED) is 0.804. The average Bonchev–Trinajstić information content (AvgIpc) is 2.24. The van der Waals surface area contributed by atoms with E-state index in [1.165, 1.54) is 0 Å². The van der Waals surface area contributed by atoms with Gasteiger partial charge in [0.25, 0.3) is 0 Å². The van der Waals surface area contributed by atoms with Gasteiger partial charge in [-0.15, -0.1) is 0 Å². The molecule has 0 bridgehead atoms. The van der Waals surface area contributed by atoms with Crippen molar-refractivity contribution < 1.29 is 14.6 Å². The SMILES string of the molecule is CC(C)[C@H](COCc1ccccc1)C(=O)O. The second-order valence-electron chi connectivity index (χ2n) is 4.19. The first-order valence-corrected chi connectivity index (χ1v) is 5.45. The van der Waals surface area contributed by atoms with Crippen molar-refractivity contribution in [3.63, 3.8) is 0 Å². The van der Waals surface area contributed by atoms with Crippen LogP contribution in [0.25, 0.3) is 0 Å². The number of aliphatic carboxylic acids is 1. The molecule has 3 nitrogen and oxygen atoms in total. The minimum atomic E-state index is -0.789. The molecule has 0 fully saturated rings. The topological polar surface area (TPSA) is 46.5 Å². The summed E-state index contributed by atoms with van der Waals surface area (Å²) in [4.78, 5) is 10.9. The molecule has 1 rings (SSSR count). The Morgan fingerprint density at radius 3 is 2.44 bits per heavy atom. The molecular formula is C13H18O3. The first kappa shape index (κ1) is 12.7. The summed E-state index contributed by atoms with van der Waals surface area (Å²) in [5.41, 5.74) is 1.07. The zero-order valence-corrected chi connectivity index (χ0v) is 9.72. The highest BCUT2D eigenvalue weighted by atomic mass is 16.5. The summed E-state index contributed by atoms with van der Waals surface area (Å²) in [6.07, 6.45) is 0. The molecule has 0 saturated carbocycles. The third-order valence-corrected chi connectivity index (χ3v) is 2.53. The summed E-state index contributed by atoms with van der Waals surface area (Å²) in [5.74, 6) is -1.12. The highest BCUT2D eigenvalue weighted by molar-refractivity contribution is 5.70. The molecule has 0 aliphatic heterocycles. The van der Waals surface area contributed by atoms with Crippen molar-refractivity contribution in [2.24, 2.45) is 11.8 Å². The van der Waals surface area contributed by atoms with Crippen LogP contribution in [-0.4, -0.2) is 17.7 Å². The molecule has 0 radical (unpaired) electrons. The van der Waals surface area contributed by atoms with E-state index >= 15 is 0 Å². The lowest BCUT2D eigenvalue weighted by Crippen LogP contribution is -2.24. The second-order valence-corrected chi connectivity index (χ2v) is 4.19. The van der Waals surface area contributed by atoms with Gasteiger partial charge in [-0.1, -0.05) is 44.2 Å². The van der Waals surface area contributed by atoms with Crippen LogP contribution in [0.4, 0.5) is 0 Å². The van der Waals surface area contributed by atoms with Crippen molar-refractivity contribution in [1.82, 2.24) is 0 Å². The van der Waals surface area contributed by atoms with Crippen LogP contribution in [0.5, 0.6) is 0 Å². The molecule has 0 amide bonds.